The Hall–Kier alpha value is -3.07. The van der Waals surface area contributed by atoms with Crippen molar-refractivity contribution < 1.29 is 9.18 Å². The van der Waals surface area contributed by atoms with Crippen LogP contribution in [0.4, 0.5) is 14.9 Å². The molecule has 7 nitrogen and oxygen atoms in total. The molecule has 3 N–H and O–H groups in total. The van der Waals surface area contributed by atoms with Gasteiger partial charge in [-0.25, -0.2) is 9.18 Å². The van der Waals surface area contributed by atoms with Crippen LogP contribution in [-0.2, 0) is 23.7 Å². The average molecular weight is 427 g/mol. The molecule has 0 aliphatic heterocycles. The van der Waals surface area contributed by atoms with Crippen molar-refractivity contribution in [2.24, 2.45) is 0 Å². The summed E-state index contributed by atoms with van der Waals surface area (Å²) in [6.45, 7) is 3.99. The van der Waals surface area contributed by atoms with Crippen LogP contribution in [0.3, 0.4) is 0 Å². The third kappa shape index (κ3) is 3.97. The summed E-state index contributed by atoms with van der Waals surface area (Å²) in [6, 6.07) is 6.44. The Kier molecular flexibility index (Phi) is 5.63. The van der Waals surface area contributed by atoms with Crippen LogP contribution >= 0.6 is 0 Å². The van der Waals surface area contributed by atoms with Gasteiger partial charge >= 0.3 is 6.03 Å². The second kappa shape index (κ2) is 8.35. The lowest BCUT2D eigenvalue weighted by molar-refractivity contribution is 0.257. The van der Waals surface area contributed by atoms with E-state index in [4.69, 9.17) is 4.78 Å². The molecule has 1 aromatic carbocycles. The molecule has 1 unspecified atom stereocenters. The molecule has 4 rings (SSSR count). The number of rotatable bonds is 5. The zero-order valence-electron chi connectivity index (χ0n) is 16.8. The van der Waals surface area contributed by atoms with Crippen molar-refractivity contribution in [3.63, 3.8) is 0 Å². The van der Waals surface area contributed by atoms with Crippen LogP contribution < -0.4 is 10.0 Å². The fraction of sp³-hybridized carbons (Fsp3) is 0.286. The van der Waals surface area contributed by atoms with E-state index in [2.05, 4.69) is 20.1 Å². The van der Waals surface area contributed by atoms with E-state index in [0.29, 0.717) is 34.7 Å². The summed E-state index contributed by atoms with van der Waals surface area (Å²) in [6.07, 6.45) is 7.27. The predicted octanol–water partition coefficient (Wildman–Crippen LogP) is 4.63. The van der Waals surface area contributed by atoms with Gasteiger partial charge in [-0.15, -0.1) is 0 Å². The number of hydrogen-bond donors (Lipinski definition) is 3. The first kappa shape index (κ1) is 20.2. The Morgan fingerprint density at radius 3 is 2.67 bits per heavy atom. The molecule has 1 aliphatic rings. The Morgan fingerprint density at radius 1 is 1.23 bits per heavy atom. The van der Waals surface area contributed by atoms with Crippen molar-refractivity contribution in [2.45, 2.75) is 44.2 Å². The maximum Gasteiger partial charge on any atom is 0.330 e. The molecule has 1 atom stereocenters. The van der Waals surface area contributed by atoms with Gasteiger partial charge in [0.1, 0.15) is 10.8 Å². The first-order valence-electron chi connectivity index (χ1n) is 9.77. The summed E-state index contributed by atoms with van der Waals surface area (Å²) >= 11 is 0. The number of nitrogens with zero attached hydrogens (tertiary/aromatic N) is 3. The fourth-order valence-corrected chi connectivity index (χ4v) is 4.35. The maximum absolute atomic E-state index is 14.7. The predicted molar refractivity (Wildman–Crippen MR) is 115 cm³/mol. The highest BCUT2D eigenvalue weighted by molar-refractivity contribution is 7.84. The van der Waals surface area contributed by atoms with Crippen LogP contribution in [-0.4, -0.2) is 20.8 Å². The van der Waals surface area contributed by atoms with Crippen molar-refractivity contribution >= 4 is 22.6 Å². The van der Waals surface area contributed by atoms with Crippen LogP contribution in [0, 0.1) is 10.6 Å². The van der Waals surface area contributed by atoms with Crippen LogP contribution in [0.15, 0.2) is 47.9 Å². The highest BCUT2D eigenvalue weighted by atomic mass is 32.2. The monoisotopic (exact) mass is 426 g/mol. The van der Waals surface area contributed by atoms with E-state index in [1.165, 1.54) is 6.07 Å². The van der Waals surface area contributed by atoms with Gasteiger partial charge in [-0.2, -0.15) is 5.10 Å². The highest BCUT2D eigenvalue weighted by Gasteiger charge is 2.24. The molecule has 0 spiro atoms. The van der Waals surface area contributed by atoms with E-state index >= 15 is 0 Å². The molecule has 0 saturated carbocycles. The molecule has 0 radical (unpaired) electrons. The van der Waals surface area contributed by atoms with Gasteiger partial charge in [0.25, 0.3) is 0 Å². The number of carbonyl (C=O) groups excluding carboxylic acids is 1. The molecule has 3 aromatic rings. The second-order valence-electron chi connectivity index (χ2n) is 7.42. The normalized spacial score (nSPS) is 13.9. The van der Waals surface area contributed by atoms with E-state index in [1.54, 1.807) is 41.5 Å². The molecule has 2 amide bonds. The number of pyridine rings is 1. The smallest absolute Gasteiger partial charge is 0.306 e. The summed E-state index contributed by atoms with van der Waals surface area (Å²) in [7, 11) is -1.31. The third-order valence-corrected chi connectivity index (χ3v) is 6.12. The SMILES string of the molecule is CC(C)n1ccc(S(=N)NC(=O)Nc2c(-c3ccncc3)cc(F)c3c2CCC3)n1. The van der Waals surface area contributed by atoms with Crippen molar-refractivity contribution in [2.75, 3.05) is 5.32 Å². The van der Waals surface area contributed by atoms with E-state index in [0.717, 1.165) is 17.5 Å². The zero-order valence-corrected chi connectivity index (χ0v) is 17.6. The van der Waals surface area contributed by atoms with Crippen molar-refractivity contribution in [1.29, 1.82) is 4.78 Å². The quantitative estimate of drug-likeness (QED) is 0.555. The first-order chi connectivity index (χ1) is 14.4. The van der Waals surface area contributed by atoms with Gasteiger partial charge in [0.05, 0.1) is 5.69 Å². The molecule has 9 heteroatoms. The molecule has 0 bridgehead atoms. The molecule has 0 saturated heterocycles. The Bertz CT molecular complexity index is 1110. The molecule has 30 heavy (non-hydrogen) atoms. The Balaban J connectivity index is 1.61. The molecule has 0 fully saturated rings. The number of halogens is 1. The molecular formula is C21H23FN6OS. The fourth-order valence-electron chi connectivity index (χ4n) is 3.63. The van der Waals surface area contributed by atoms with Crippen LogP contribution in [0.1, 0.15) is 37.4 Å². The topological polar surface area (TPSA) is 95.7 Å². The van der Waals surface area contributed by atoms with Gasteiger partial charge < -0.3 is 5.32 Å². The summed E-state index contributed by atoms with van der Waals surface area (Å²) in [5.74, 6) is -0.250. The number of aromatic nitrogens is 3. The lowest BCUT2D eigenvalue weighted by Crippen LogP contribution is -2.31. The number of nitrogens with one attached hydrogen (secondary N) is 3. The number of carbonyl (C=O) groups is 1. The van der Waals surface area contributed by atoms with Gasteiger partial charge in [0.2, 0.25) is 0 Å². The number of urea groups is 1. The van der Waals surface area contributed by atoms with Crippen molar-refractivity contribution in [3.05, 3.63) is 59.8 Å². The Labute approximate surface area is 176 Å². The number of fused-ring (bicyclic) bond motifs is 1. The first-order valence-corrected chi connectivity index (χ1v) is 11.0. The van der Waals surface area contributed by atoms with Crippen LogP contribution in [0.5, 0.6) is 0 Å². The lowest BCUT2D eigenvalue weighted by atomic mass is 9.97. The second-order valence-corrected chi connectivity index (χ2v) is 8.65. The van der Waals surface area contributed by atoms with Gasteiger partial charge in [-0.3, -0.25) is 19.2 Å². The number of anilines is 1. The van der Waals surface area contributed by atoms with Gasteiger partial charge in [0.15, 0.2) is 0 Å². The number of hydrogen-bond acceptors (Lipinski definition) is 4. The minimum atomic E-state index is -1.31. The van der Waals surface area contributed by atoms with E-state index in [-0.39, 0.29) is 11.9 Å². The summed E-state index contributed by atoms with van der Waals surface area (Å²) in [5, 5.41) is 7.71. The van der Waals surface area contributed by atoms with Gasteiger partial charge in [0, 0.05) is 41.1 Å². The maximum atomic E-state index is 14.7. The third-order valence-electron chi connectivity index (χ3n) is 5.10. The molecule has 156 valence electrons. The largest absolute Gasteiger partial charge is 0.330 e. The summed E-state index contributed by atoms with van der Waals surface area (Å²) < 4.78 is 27.3. The van der Waals surface area contributed by atoms with Crippen molar-refractivity contribution in [1.82, 2.24) is 19.5 Å². The van der Waals surface area contributed by atoms with Crippen LogP contribution in [0.25, 0.3) is 11.1 Å². The van der Waals surface area contributed by atoms with Crippen LogP contribution in [0.2, 0.25) is 0 Å². The Morgan fingerprint density at radius 2 is 1.97 bits per heavy atom. The molecular weight excluding hydrogens is 403 g/mol. The van der Waals surface area contributed by atoms with Gasteiger partial charge in [-0.1, -0.05) is 0 Å². The van der Waals surface area contributed by atoms with Gasteiger partial charge in [-0.05, 0) is 74.1 Å². The zero-order chi connectivity index (χ0) is 21.3. The average Bonchev–Trinajstić information content (AvgIpc) is 3.41. The van der Waals surface area contributed by atoms with E-state index in [1.807, 2.05) is 13.8 Å². The minimum Gasteiger partial charge on any atom is -0.306 e. The summed E-state index contributed by atoms with van der Waals surface area (Å²) in [5.41, 5.74) is 3.46. The van der Waals surface area contributed by atoms with E-state index in [9.17, 15) is 9.18 Å². The molecule has 2 aromatic heterocycles. The molecule has 2 heterocycles. The van der Waals surface area contributed by atoms with Crippen molar-refractivity contribution in [3.8, 4) is 11.1 Å². The number of amides is 2. The minimum absolute atomic E-state index is 0.175. The summed E-state index contributed by atoms with van der Waals surface area (Å²) in [4.78, 5) is 16.7. The number of benzene rings is 1. The lowest BCUT2D eigenvalue weighted by Gasteiger charge is -2.17. The standard InChI is InChI=1S/C21H23FN6OS/c1-13(2)28-11-8-19(26-28)30(23)27-21(29)25-20-16-5-3-4-15(16)18(22)12-17(20)14-6-9-24-10-7-14/h6-13H,3-5H2,1-2H3,(H3,23,25,27,29). The highest BCUT2D eigenvalue weighted by Crippen LogP contribution is 2.39. The molecule has 1 aliphatic carbocycles. The van der Waals surface area contributed by atoms with E-state index < -0.39 is 16.9 Å².